The Kier molecular flexibility index (Phi) is 7.25. The van der Waals surface area contributed by atoms with Gasteiger partial charge in [-0.25, -0.2) is 13.5 Å². The number of nitrogens with two attached hydrogens (primary N) is 1. The summed E-state index contributed by atoms with van der Waals surface area (Å²) in [7, 11) is 0.612. The number of hydrogen-bond acceptors (Lipinski definition) is 8. The summed E-state index contributed by atoms with van der Waals surface area (Å²) in [6, 6.07) is 5.26. The molecule has 2 aliphatic heterocycles. The van der Waals surface area contributed by atoms with Crippen molar-refractivity contribution in [3.05, 3.63) is 69.1 Å². The molecule has 0 aliphatic carbocycles. The first kappa shape index (κ1) is 26.7. The summed E-state index contributed by atoms with van der Waals surface area (Å²) in [5.41, 5.74) is 9.83. The number of ether oxygens (including phenoxy) is 2. The summed E-state index contributed by atoms with van der Waals surface area (Å²) in [5.74, 6) is 1.74. The van der Waals surface area contributed by atoms with E-state index >= 15 is 0 Å². The third kappa shape index (κ3) is 4.93. The summed E-state index contributed by atoms with van der Waals surface area (Å²) in [6.45, 7) is 5.58. The molecule has 38 heavy (non-hydrogen) atoms. The molecule has 0 radical (unpaired) electrons. The summed E-state index contributed by atoms with van der Waals surface area (Å²) >= 11 is 12.5. The van der Waals surface area contributed by atoms with Gasteiger partial charge >= 0.3 is 0 Å². The monoisotopic (exact) mass is 574 g/mol. The van der Waals surface area contributed by atoms with E-state index in [9.17, 15) is 4.21 Å². The zero-order valence-electron chi connectivity index (χ0n) is 21.3. The Morgan fingerprint density at radius 3 is 2.42 bits per heavy atom. The number of nitrogens with zero attached hydrogens (tertiary/aromatic N) is 4. The Morgan fingerprint density at radius 2 is 1.82 bits per heavy atom. The number of hydrogen-bond donors (Lipinski definition) is 2. The zero-order valence-corrected chi connectivity index (χ0v) is 23.6. The van der Waals surface area contributed by atoms with Gasteiger partial charge in [-0.3, -0.25) is 10.4 Å². The maximum absolute atomic E-state index is 11.6. The molecule has 1 aromatic carbocycles. The van der Waals surface area contributed by atoms with Crippen LogP contribution in [0.25, 0.3) is 0 Å². The second kappa shape index (κ2) is 10.3. The van der Waals surface area contributed by atoms with E-state index in [0.717, 1.165) is 37.6 Å². The number of rotatable bonds is 8. The van der Waals surface area contributed by atoms with Gasteiger partial charge in [0.1, 0.15) is 12.4 Å². The smallest absolute Gasteiger partial charge is 0.162 e. The molecule has 200 valence electrons. The number of nitrogens with one attached hydrogen (secondary N) is 1. The topological polar surface area (TPSA) is 118 Å². The van der Waals surface area contributed by atoms with Crippen LogP contribution < -0.4 is 20.1 Å². The van der Waals surface area contributed by atoms with Gasteiger partial charge in [-0.1, -0.05) is 23.2 Å². The van der Waals surface area contributed by atoms with Crippen molar-refractivity contribution in [1.29, 1.82) is 5.41 Å². The molecule has 2 aromatic heterocycles. The first-order valence-corrected chi connectivity index (χ1v) is 14.2. The Labute approximate surface area is 234 Å². The van der Waals surface area contributed by atoms with Gasteiger partial charge in [0.15, 0.2) is 11.5 Å². The highest BCUT2D eigenvalue weighted by Gasteiger charge is 2.53. The fourth-order valence-electron chi connectivity index (χ4n) is 4.98. The molecule has 5 rings (SSSR count). The summed E-state index contributed by atoms with van der Waals surface area (Å²) < 4.78 is 25.1. The van der Waals surface area contributed by atoms with Gasteiger partial charge < -0.3 is 20.1 Å². The lowest BCUT2D eigenvalue weighted by molar-refractivity contribution is 0.0433. The molecule has 0 bridgehead atoms. The van der Waals surface area contributed by atoms with Crippen LogP contribution in [-0.2, 0) is 17.6 Å². The average Bonchev–Trinajstić information content (AvgIpc) is 2.82. The van der Waals surface area contributed by atoms with E-state index in [1.807, 2.05) is 17.3 Å². The maximum atomic E-state index is 11.6. The van der Waals surface area contributed by atoms with Crippen LogP contribution >= 0.6 is 23.2 Å². The number of nitrogen functional groups attached to an aromatic ring is 1. The van der Waals surface area contributed by atoms with Gasteiger partial charge in [-0.15, -0.1) is 0 Å². The first-order chi connectivity index (χ1) is 18.1. The molecular weight excluding hydrogens is 547 g/mol. The van der Waals surface area contributed by atoms with Crippen molar-refractivity contribution in [2.24, 2.45) is 5.41 Å². The predicted molar refractivity (Wildman–Crippen MR) is 151 cm³/mol. The van der Waals surface area contributed by atoms with Crippen LogP contribution in [0.5, 0.6) is 11.5 Å². The largest absolute Gasteiger partial charge is 0.493 e. The van der Waals surface area contributed by atoms with Crippen molar-refractivity contribution in [2.75, 3.05) is 50.2 Å². The summed E-state index contributed by atoms with van der Waals surface area (Å²) in [6.07, 6.45) is 6.42. The fraction of sp³-hybridized carbons (Fsp3) is 0.346. The van der Waals surface area contributed by atoms with Gasteiger partial charge in [0, 0.05) is 84.9 Å². The zero-order chi connectivity index (χ0) is 27.2. The third-order valence-corrected chi connectivity index (χ3v) is 8.64. The lowest BCUT2D eigenvalue weighted by Gasteiger charge is -2.59. The summed E-state index contributed by atoms with van der Waals surface area (Å²) in [4.78, 5) is 10.9. The standard InChI is InChI=1S/C26H28Cl2N6O3S/c1-15-4-16(7-32-25(15)33-11-26(12-33)13-34(14-26)38(3)35)24(30)17-5-23(22(36-2)6-21(17)29)37-10-18-19(27)8-31-9-20(18)28/h4-9,30H,10-14,29H2,1-3H3. The maximum Gasteiger partial charge on any atom is 0.162 e. The quantitative estimate of drug-likeness (QED) is 0.307. The normalized spacial score (nSPS) is 17.0. The van der Waals surface area contributed by atoms with Crippen LogP contribution in [0.4, 0.5) is 11.5 Å². The molecule has 2 aliphatic rings. The van der Waals surface area contributed by atoms with Gasteiger partial charge in [-0.05, 0) is 24.6 Å². The molecule has 0 saturated carbocycles. The Hall–Kier alpha value is -2.92. The fourth-order valence-corrected chi connectivity index (χ4v) is 6.36. The highest BCUT2D eigenvalue weighted by atomic mass is 35.5. The molecule has 4 heterocycles. The lowest BCUT2D eigenvalue weighted by atomic mass is 9.74. The number of anilines is 2. The molecule has 1 spiro atoms. The molecule has 3 aromatic rings. The minimum Gasteiger partial charge on any atom is -0.493 e. The van der Waals surface area contributed by atoms with E-state index in [2.05, 4.69) is 14.9 Å². The van der Waals surface area contributed by atoms with Crippen LogP contribution in [0.2, 0.25) is 10.0 Å². The predicted octanol–water partition coefficient (Wildman–Crippen LogP) is 4.09. The van der Waals surface area contributed by atoms with Crippen molar-refractivity contribution in [1.82, 2.24) is 14.3 Å². The van der Waals surface area contributed by atoms with Gasteiger partial charge in [0.25, 0.3) is 0 Å². The van der Waals surface area contributed by atoms with E-state index in [0.29, 0.717) is 43.9 Å². The van der Waals surface area contributed by atoms with E-state index in [1.54, 1.807) is 24.6 Å². The Morgan fingerprint density at radius 1 is 1.13 bits per heavy atom. The average molecular weight is 576 g/mol. The van der Waals surface area contributed by atoms with Crippen LogP contribution in [0.1, 0.15) is 22.3 Å². The van der Waals surface area contributed by atoms with Crippen LogP contribution in [0.3, 0.4) is 0 Å². The molecule has 1 unspecified atom stereocenters. The number of halogens is 2. The van der Waals surface area contributed by atoms with Crippen LogP contribution in [-0.4, -0.2) is 63.7 Å². The van der Waals surface area contributed by atoms with Crippen molar-refractivity contribution < 1.29 is 13.7 Å². The minimum absolute atomic E-state index is 0.0891. The SMILES string of the molecule is COc1cc(N)c(C(=N)c2cnc(N3CC4(C3)CN(S(C)=O)C4)c(C)c2)cc1OCc1c(Cl)cncc1Cl. The van der Waals surface area contributed by atoms with Crippen molar-refractivity contribution >= 4 is 51.4 Å². The molecule has 0 amide bonds. The lowest BCUT2D eigenvalue weighted by Crippen LogP contribution is -2.72. The second-order valence-corrected chi connectivity index (χ2v) is 12.0. The number of aromatic nitrogens is 2. The highest BCUT2D eigenvalue weighted by Crippen LogP contribution is 2.42. The van der Waals surface area contributed by atoms with E-state index in [-0.39, 0.29) is 17.7 Å². The molecule has 2 saturated heterocycles. The van der Waals surface area contributed by atoms with Gasteiger partial charge in [-0.2, -0.15) is 0 Å². The summed E-state index contributed by atoms with van der Waals surface area (Å²) in [5, 5.41) is 9.67. The Bertz CT molecular complexity index is 1420. The highest BCUT2D eigenvalue weighted by molar-refractivity contribution is 7.81. The number of aryl methyl sites for hydroxylation is 1. The second-order valence-electron chi connectivity index (χ2n) is 9.78. The van der Waals surface area contributed by atoms with Crippen LogP contribution in [0, 0.1) is 17.7 Å². The Balaban J connectivity index is 1.33. The van der Waals surface area contributed by atoms with E-state index in [1.165, 1.54) is 19.5 Å². The molecule has 3 N–H and O–H groups in total. The number of pyridine rings is 2. The van der Waals surface area contributed by atoms with Crippen molar-refractivity contribution in [3.63, 3.8) is 0 Å². The number of benzene rings is 1. The third-order valence-electron chi connectivity index (χ3n) is 7.01. The van der Waals surface area contributed by atoms with E-state index < -0.39 is 11.0 Å². The van der Waals surface area contributed by atoms with Gasteiger partial charge in [0.05, 0.1) is 33.9 Å². The molecule has 9 nitrogen and oxygen atoms in total. The molecule has 1 atom stereocenters. The van der Waals surface area contributed by atoms with E-state index in [4.69, 9.17) is 43.8 Å². The minimum atomic E-state index is -0.910. The molecule has 12 heteroatoms. The van der Waals surface area contributed by atoms with Crippen molar-refractivity contribution in [3.8, 4) is 11.5 Å². The van der Waals surface area contributed by atoms with Gasteiger partial charge in [0.2, 0.25) is 0 Å². The van der Waals surface area contributed by atoms with Crippen molar-refractivity contribution in [2.45, 2.75) is 13.5 Å². The molecule has 2 fully saturated rings. The molecular formula is C26H28Cl2N6O3S. The van der Waals surface area contributed by atoms with Crippen LogP contribution in [0.15, 0.2) is 36.8 Å². The number of methoxy groups -OCH3 is 1. The first-order valence-electron chi connectivity index (χ1n) is 11.9.